The van der Waals surface area contributed by atoms with E-state index in [1.807, 2.05) is 58.0 Å². The zero-order chi connectivity index (χ0) is 23.3. The van der Waals surface area contributed by atoms with Crippen molar-refractivity contribution in [1.29, 1.82) is 0 Å². The molecule has 0 fully saturated rings. The number of benzene rings is 3. The normalized spacial score (nSPS) is 12.1. The lowest BCUT2D eigenvalue weighted by Gasteiger charge is -2.19. The Morgan fingerprint density at radius 2 is 1.47 bits per heavy atom. The third-order valence-electron chi connectivity index (χ3n) is 5.01. The molecule has 6 nitrogen and oxygen atoms in total. The number of carbonyl (C=O) groups excluding carboxylic acids is 1. The van der Waals surface area contributed by atoms with E-state index in [-0.39, 0.29) is 10.8 Å². The van der Waals surface area contributed by atoms with Gasteiger partial charge in [-0.15, -0.1) is 0 Å². The third-order valence-corrected chi connectivity index (χ3v) is 6.41. The zero-order valence-electron chi connectivity index (χ0n) is 18.7. The molecule has 0 bridgehead atoms. The second-order valence-electron chi connectivity index (χ2n) is 7.77. The molecule has 0 radical (unpaired) electrons. The molecule has 0 aliphatic carbocycles. The number of hydrogen-bond acceptors (Lipinski definition) is 4. The lowest BCUT2D eigenvalue weighted by Crippen LogP contribution is -2.32. The van der Waals surface area contributed by atoms with Gasteiger partial charge in [-0.1, -0.05) is 36.8 Å². The molecule has 168 valence electrons. The van der Waals surface area contributed by atoms with Gasteiger partial charge >= 0.3 is 0 Å². The summed E-state index contributed by atoms with van der Waals surface area (Å²) >= 11 is 0. The summed E-state index contributed by atoms with van der Waals surface area (Å²) < 4.78 is 33.7. The molecule has 3 aromatic rings. The number of carbonyl (C=O) groups is 1. The number of aryl methyl sites for hydroxylation is 3. The molecule has 3 aromatic carbocycles. The van der Waals surface area contributed by atoms with Crippen molar-refractivity contribution < 1.29 is 17.9 Å². The van der Waals surface area contributed by atoms with E-state index < -0.39 is 16.1 Å². The average Bonchev–Trinajstić information content (AvgIpc) is 2.76. The number of nitrogens with one attached hydrogen (secondary N) is 2. The number of rotatable bonds is 8. The predicted molar refractivity (Wildman–Crippen MR) is 128 cm³/mol. The molecule has 0 aliphatic rings. The highest BCUT2D eigenvalue weighted by Gasteiger charge is 2.20. The van der Waals surface area contributed by atoms with Crippen LogP contribution in [0, 0.1) is 20.8 Å². The fourth-order valence-corrected chi connectivity index (χ4v) is 4.14. The van der Waals surface area contributed by atoms with Crippen LogP contribution in [0.4, 0.5) is 11.4 Å². The fraction of sp³-hybridized carbons (Fsp3) is 0.240. The molecule has 0 spiro atoms. The lowest BCUT2D eigenvalue weighted by molar-refractivity contribution is -0.122. The van der Waals surface area contributed by atoms with Gasteiger partial charge in [0.05, 0.1) is 4.90 Å². The van der Waals surface area contributed by atoms with Crippen molar-refractivity contribution >= 4 is 27.3 Å². The number of ether oxygens (including phenoxy) is 1. The van der Waals surface area contributed by atoms with Crippen LogP contribution in [0.1, 0.15) is 30.0 Å². The predicted octanol–water partition coefficient (Wildman–Crippen LogP) is 5.21. The molecular formula is C25H28N2O4S. The highest BCUT2D eigenvalue weighted by Crippen LogP contribution is 2.23. The third kappa shape index (κ3) is 5.88. The summed E-state index contributed by atoms with van der Waals surface area (Å²) in [6, 6.07) is 19.0. The summed E-state index contributed by atoms with van der Waals surface area (Å²) in [6.07, 6.45) is -0.172. The SMILES string of the molecule is CC[C@H](Oc1cc(C)ccc1C)C(=O)Nc1ccc(S(=O)(=O)Nc2ccc(C)cc2)cc1. The number of sulfonamides is 1. The van der Waals surface area contributed by atoms with Gasteiger partial charge in [0.15, 0.2) is 6.10 Å². The van der Waals surface area contributed by atoms with Gasteiger partial charge in [0.2, 0.25) is 0 Å². The second-order valence-corrected chi connectivity index (χ2v) is 9.45. The Balaban J connectivity index is 1.67. The summed E-state index contributed by atoms with van der Waals surface area (Å²) in [4.78, 5) is 12.8. The number of anilines is 2. The Morgan fingerprint density at radius 3 is 2.09 bits per heavy atom. The van der Waals surface area contributed by atoms with E-state index >= 15 is 0 Å². The van der Waals surface area contributed by atoms with Crippen molar-refractivity contribution in [2.45, 2.75) is 45.1 Å². The van der Waals surface area contributed by atoms with E-state index in [0.717, 1.165) is 16.7 Å². The molecule has 2 N–H and O–H groups in total. The van der Waals surface area contributed by atoms with E-state index in [1.54, 1.807) is 24.3 Å². The summed E-state index contributed by atoms with van der Waals surface area (Å²) in [7, 11) is -3.73. The summed E-state index contributed by atoms with van der Waals surface area (Å²) in [5.74, 6) is 0.386. The maximum atomic E-state index is 12.7. The van der Waals surface area contributed by atoms with Gasteiger partial charge in [0, 0.05) is 11.4 Å². The molecule has 0 aromatic heterocycles. The van der Waals surface area contributed by atoms with Crippen molar-refractivity contribution in [3.63, 3.8) is 0 Å². The van der Waals surface area contributed by atoms with Crippen LogP contribution in [0.15, 0.2) is 71.6 Å². The summed E-state index contributed by atoms with van der Waals surface area (Å²) in [6.45, 7) is 7.71. The van der Waals surface area contributed by atoms with Crippen LogP contribution >= 0.6 is 0 Å². The molecule has 1 amide bonds. The van der Waals surface area contributed by atoms with E-state index in [0.29, 0.717) is 23.5 Å². The van der Waals surface area contributed by atoms with Crippen LogP contribution in [0.25, 0.3) is 0 Å². The highest BCUT2D eigenvalue weighted by molar-refractivity contribution is 7.92. The fourth-order valence-electron chi connectivity index (χ4n) is 3.09. The molecule has 7 heteroatoms. The van der Waals surface area contributed by atoms with Crippen LogP contribution in [0.5, 0.6) is 5.75 Å². The average molecular weight is 453 g/mol. The van der Waals surface area contributed by atoms with Crippen molar-refractivity contribution in [2.24, 2.45) is 0 Å². The second kappa shape index (κ2) is 9.87. The molecule has 1 atom stereocenters. The van der Waals surface area contributed by atoms with E-state index in [1.165, 1.54) is 12.1 Å². The van der Waals surface area contributed by atoms with Gasteiger partial charge in [-0.25, -0.2) is 8.42 Å². The topological polar surface area (TPSA) is 84.5 Å². The van der Waals surface area contributed by atoms with Crippen molar-refractivity contribution in [3.8, 4) is 5.75 Å². The van der Waals surface area contributed by atoms with Crippen LogP contribution in [0.3, 0.4) is 0 Å². The van der Waals surface area contributed by atoms with Gasteiger partial charge in [-0.05, 0) is 80.8 Å². The molecule has 0 saturated heterocycles. The first-order valence-corrected chi connectivity index (χ1v) is 11.9. The Kier molecular flexibility index (Phi) is 7.20. The molecule has 0 heterocycles. The number of hydrogen-bond donors (Lipinski definition) is 2. The first-order valence-electron chi connectivity index (χ1n) is 10.4. The molecular weight excluding hydrogens is 424 g/mol. The van der Waals surface area contributed by atoms with Crippen LogP contribution in [-0.4, -0.2) is 20.4 Å². The molecule has 0 saturated carbocycles. The van der Waals surface area contributed by atoms with Crippen molar-refractivity contribution in [1.82, 2.24) is 0 Å². The van der Waals surface area contributed by atoms with Gasteiger partial charge < -0.3 is 10.1 Å². The zero-order valence-corrected chi connectivity index (χ0v) is 19.5. The minimum atomic E-state index is -3.73. The maximum Gasteiger partial charge on any atom is 0.265 e. The smallest absolute Gasteiger partial charge is 0.265 e. The molecule has 0 unspecified atom stereocenters. The Labute approximate surface area is 189 Å². The van der Waals surface area contributed by atoms with Crippen molar-refractivity contribution in [2.75, 3.05) is 10.0 Å². The Bertz CT molecular complexity index is 1190. The van der Waals surface area contributed by atoms with Crippen LogP contribution in [-0.2, 0) is 14.8 Å². The summed E-state index contributed by atoms with van der Waals surface area (Å²) in [5.41, 5.74) is 4.03. The van der Waals surface area contributed by atoms with Gasteiger partial charge in [0.1, 0.15) is 5.75 Å². The van der Waals surface area contributed by atoms with Crippen molar-refractivity contribution in [3.05, 3.63) is 83.4 Å². The van der Waals surface area contributed by atoms with E-state index in [4.69, 9.17) is 4.74 Å². The first-order chi connectivity index (χ1) is 15.2. The first kappa shape index (κ1) is 23.3. The molecule has 32 heavy (non-hydrogen) atoms. The number of amides is 1. The minimum Gasteiger partial charge on any atom is -0.480 e. The van der Waals surface area contributed by atoms with Crippen LogP contribution < -0.4 is 14.8 Å². The Morgan fingerprint density at radius 1 is 0.875 bits per heavy atom. The van der Waals surface area contributed by atoms with E-state index in [9.17, 15) is 13.2 Å². The summed E-state index contributed by atoms with van der Waals surface area (Å²) in [5, 5.41) is 2.80. The lowest BCUT2D eigenvalue weighted by atomic mass is 10.1. The van der Waals surface area contributed by atoms with E-state index in [2.05, 4.69) is 10.0 Å². The standard InChI is InChI=1S/C25H28N2O4S/c1-5-23(31-24-16-18(3)6-9-19(24)4)25(28)26-20-12-14-22(15-13-20)32(29,30)27-21-10-7-17(2)8-11-21/h6-16,23,27H,5H2,1-4H3,(H,26,28)/t23-/m0/s1. The van der Waals surface area contributed by atoms with Crippen LogP contribution in [0.2, 0.25) is 0 Å². The quantitative estimate of drug-likeness (QED) is 0.491. The van der Waals surface area contributed by atoms with Gasteiger partial charge in [0.25, 0.3) is 15.9 Å². The minimum absolute atomic E-state index is 0.106. The maximum absolute atomic E-state index is 12.7. The molecule has 3 rings (SSSR count). The van der Waals surface area contributed by atoms with Gasteiger partial charge in [-0.3, -0.25) is 9.52 Å². The van der Waals surface area contributed by atoms with Gasteiger partial charge in [-0.2, -0.15) is 0 Å². The largest absolute Gasteiger partial charge is 0.480 e. The highest BCUT2D eigenvalue weighted by atomic mass is 32.2. The monoisotopic (exact) mass is 452 g/mol. The Hall–Kier alpha value is -3.32. The molecule has 0 aliphatic heterocycles.